The van der Waals surface area contributed by atoms with Crippen LogP contribution in [0.4, 0.5) is 5.95 Å². The number of thioether (sulfide) groups is 1. The normalized spacial score (nSPS) is 20.1. The summed E-state index contributed by atoms with van der Waals surface area (Å²) in [6, 6.07) is 8.35. The number of rotatable bonds is 5. The van der Waals surface area contributed by atoms with Crippen molar-refractivity contribution in [3.8, 4) is 5.69 Å². The second kappa shape index (κ2) is 9.17. The number of piperidine rings is 1. The molecule has 29 heavy (non-hydrogen) atoms. The lowest BCUT2D eigenvalue weighted by Gasteiger charge is -2.30. The van der Waals surface area contributed by atoms with Gasteiger partial charge in [0, 0.05) is 26.2 Å². The van der Waals surface area contributed by atoms with Crippen molar-refractivity contribution in [3.05, 3.63) is 29.8 Å². The van der Waals surface area contributed by atoms with Gasteiger partial charge in [0.2, 0.25) is 11.9 Å². The SMILES string of the molecule is Cc1ccc(-n2c(SCC(=O)N3CCCC(C)C3)nnc2N2CCOCC2)cc1. The zero-order valence-corrected chi connectivity index (χ0v) is 18.0. The molecule has 3 heterocycles. The van der Waals surface area contributed by atoms with E-state index in [0.29, 0.717) is 24.9 Å². The van der Waals surface area contributed by atoms with Gasteiger partial charge in [-0.1, -0.05) is 36.4 Å². The lowest BCUT2D eigenvalue weighted by atomic mass is 10.0. The fourth-order valence-electron chi connectivity index (χ4n) is 3.88. The molecule has 1 aromatic heterocycles. The Bertz CT molecular complexity index is 832. The molecular weight excluding hydrogens is 386 g/mol. The van der Waals surface area contributed by atoms with Crippen LogP contribution in [0.15, 0.2) is 29.4 Å². The molecule has 8 heteroatoms. The van der Waals surface area contributed by atoms with E-state index in [0.717, 1.165) is 49.4 Å². The third-order valence-corrected chi connectivity index (χ3v) is 6.45. The van der Waals surface area contributed by atoms with Crippen molar-refractivity contribution < 1.29 is 9.53 Å². The molecule has 7 nitrogen and oxygen atoms in total. The molecule has 1 amide bonds. The highest BCUT2D eigenvalue weighted by atomic mass is 32.2. The Hall–Kier alpha value is -2.06. The average Bonchev–Trinajstić information content (AvgIpc) is 3.17. The Morgan fingerprint density at radius 3 is 2.66 bits per heavy atom. The number of aryl methyl sites for hydroxylation is 1. The van der Waals surface area contributed by atoms with Gasteiger partial charge in [-0.15, -0.1) is 10.2 Å². The van der Waals surface area contributed by atoms with Crippen LogP contribution in [0.25, 0.3) is 5.69 Å². The topological polar surface area (TPSA) is 63.5 Å². The Balaban J connectivity index is 1.55. The van der Waals surface area contributed by atoms with Crippen molar-refractivity contribution in [2.24, 2.45) is 5.92 Å². The Morgan fingerprint density at radius 2 is 1.93 bits per heavy atom. The number of aromatic nitrogens is 3. The minimum atomic E-state index is 0.188. The molecule has 2 aliphatic heterocycles. The van der Waals surface area contributed by atoms with Crippen LogP contribution in [0.1, 0.15) is 25.3 Å². The molecule has 0 aliphatic carbocycles. The van der Waals surface area contributed by atoms with Crippen molar-refractivity contribution in [1.82, 2.24) is 19.7 Å². The molecule has 0 radical (unpaired) electrons. The van der Waals surface area contributed by atoms with Gasteiger partial charge in [-0.25, -0.2) is 0 Å². The van der Waals surface area contributed by atoms with Gasteiger partial charge < -0.3 is 14.5 Å². The van der Waals surface area contributed by atoms with E-state index in [4.69, 9.17) is 4.74 Å². The first-order valence-electron chi connectivity index (χ1n) is 10.4. The second-order valence-corrected chi connectivity index (χ2v) is 8.87. The summed E-state index contributed by atoms with van der Waals surface area (Å²) in [6.07, 6.45) is 2.31. The number of amides is 1. The predicted octanol–water partition coefficient (Wildman–Crippen LogP) is 2.76. The number of hydrogen-bond donors (Lipinski definition) is 0. The van der Waals surface area contributed by atoms with E-state index >= 15 is 0 Å². The van der Waals surface area contributed by atoms with E-state index in [1.165, 1.54) is 23.7 Å². The minimum absolute atomic E-state index is 0.188. The van der Waals surface area contributed by atoms with Crippen molar-refractivity contribution >= 4 is 23.6 Å². The Labute approximate surface area is 176 Å². The molecule has 156 valence electrons. The zero-order chi connectivity index (χ0) is 20.2. The summed E-state index contributed by atoms with van der Waals surface area (Å²) >= 11 is 1.47. The van der Waals surface area contributed by atoms with Gasteiger partial charge in [0.25, 0.3) is 0 Å². The molecule has 2 fully saturated rings. The maximum Gasteiger partial charge on any atom is 0.233 e. The third kappa shape index (κ3) is 4.75. The maximum absolute atomic E-state index is 12.7. The third-order valence-electron chi connectivity index (χ3n) is 5.54. The molecule has 2 saturated heterocycles. The minimum Gasteiger partial charge on any atom is -0.378 e. The molecule has 0 bridgehead atoms. The Kier molecular flexibility index (Phi) is 6.40. The van der Waals surface area contributed by atoms with E-state index in [1.807, 2.05) is 4.90 Å². The molecule has 1 atom stereocenters. The van der Waals surface area contributed by atoms with E-state index < -0.39 is 0 Å². The van der Waals surface area contributed by atoms with Gasteiger partial charge in [-0.2, -0.15) is 0 Å². The summed E-state index contributed by atoms with van der Waals surface area (Å²) in [7, 11) is 0. The van der Waals surface area contributed by atoms with Crippen LogP contribution in [0.5, 0.6) is 0 Å². The van der Waals surface area contributed by atoms with Gasteiger partial charge in [0.05, 0.1) is 24.7 Å². The van der Waals surface area contributed by atoms with E-state index in [-0.39, 0.29) is 5.91 Å². The van der Waals surface area contributed by atoms with Crippen LogP contribution < -0.4 is 4.90 Å². The number of benzene rings is 1. The molecule has 0 saturated carbocycles. The highest BCUT2D eigenvalue weighted by Gasteiger charge is 2.24. The number of hydrogen-bond acceptors (Lipinski definition) is 6. The van der Waals surface area contributed by atoms with Crippen LogP contribution in [-0.4, -0.2) is 70.7 Å². The van der Waals surface area contributed by atoms with Crippen LogP contribution in [0.3, 0.4) is 0 Å². The average molecular weight is 416 g/mol. The lowest BCUT2D eigenvalue weighted by Crippen LogP contribution is -2.40. The van der Waals surface area contributed by atoms with Gasteiger partial charge in [-0.05, 0) is 37.8 Å². The number of anilines is 1. The van der Waals surface area contributed by atoms with Gasteiger partial charge in [0.1, 0.15) is 0 Å². The Morgan fingerprint density at radius 1 is 1.17 bits per heavy atom. The molecule has 4 rings (SSSR count). The van der Waals surface area contributed by atoms with Crippen molar-refractivity contribution in [3.63, 3.8) is 0 Å². The van der Waals surface area contributed by atoms with E-state index in [1.54, 1.807) is 0 Å². The molecule has 2 aliphatic rings. The van der Waals surface area contributed by atoms with Crippen LogP contribution >= 0.6 is 11.8 Å². The van der Waals surface area contributed by atoms with E-state index in [9.17, 15) is 4.79 Å². The molecule has 0 N–H and O–H groups in total. The monoisotopic (exact) mass is 415 g/mol. The number of carbonyl (C=O) groups is 1. The number of morpholine rings is 1. The first kappa shape index (κ1) is 20.2. The van der Waals surface area contributed by atoms with Crippen LogP contribution in [0, 0.1) is 12.8 Å². The summed E-state index contributed by atoms with van der Waals surface area (Å²) in [4.78, 5) is 16.9. The zero-order valence-electron chi connectivity index (χ0n) is 17.2. The molecule has 1 unspecified atom stereocenters. The van der Waals surface area contributed by atoms with Crippen molar-refractivity contribution in [2.45, 2.75) is 31.8 Å². The summed E-state index contributed by atoms with van der Waals surface area (Å²) in [5.41, 5.74) is 2.22. The largest absolute Gasteiger partial charge is 0.378 e. The highest BCUT2D eigenvalue weighted by Crippen LogP contribution is 2.28. The number of ether oxygens (including phenoxy) is 1. The van der Waals surface area contributed by atoms with Crippen molar-refractivity contribution in [2.75, 3.05) is 50.0 Å². The predicted molar refractivity (Wildman–Crippen MR) is 115 cm³/mol. The van der Waals surface area contributed by atoms with Crippen LogP contribution in [0.2, 0.25) is 0 Å². The van der Waals surface area contributed by atoms with Gasteiger partial charge in [0.15, 0.2) is 5.16 Å². The first-order chi connectivity index (χ1) is 14.1. The van der Waals surface area contributed by atoms with Crippen molar-refractivity contribution in [1.29, 1.82) is 0 Å². The number of carbonyl (C=O) groups excluding carboxylic acids is 1. The van der Waals surface area contributed by atoms with Gasteiger partial charge in [-0.3, -0.25) is 9.36 Å². The van der Waals surface area contributed by atoms with Gasteiger partial charge >= 0.3 is 0 Å². The standard InChI is InChI=1S/C21H29N5O2S/c1-16-5-7-18(8-6-16)26-20(24-10-12-28-13-11-24)22-23-21(26)29-15-19(27)25-9-3-4-17(2)14-25/h5-8,17H,3-4,9-15H2,1-2H3. The maximum atomic E-state index is 12.7. The fourth-order valence-corrected chi connectivity index (χ4v) is 4.73. The number of likely N-dealkylation sites (tertiary alicyclic amines) is 1. The van der Waals surface area contributed by atoms with E-state index in [2.05, 4.69) is 57.8 Å². The summed E-state index contributed by atoms with van der Waals surface area (Å²) in [5.74, 6) is 1.98. The molecule has 0 spiro atoms. The number of nitrogens with zero attached hydrogens (tertiary/aromatic N) is 5. The molecular formula is C21H29N5O2S. The lowest BCUT2D eigenvalue weighted by molar-refractivity contribution is -0.130. The molecule has 2 aromatic rings. The smallest absolute Gasteiger partial charge is 0.233 e. The summed E-state index contributed by atoms with van der Waals surface area (Å²) < 4.78 is 7.56. The summed E-state index contributed by atoms with van der Waals surface area (Å²) in [6.45, 7) is 8.99. The second-order valence-electron chi connectivity index (χ2n) is 7.93. The highest BCUT2D eigenvalue weighted by molar-refractivity contribution is 7.99. The quantitative estimate of drug-likeness (QED) is 0.700. The summed E-state index contributed by atoms with van der Waals surface area (Å²) in [5, 5.41) is 9.68. The van der Waals surface area contributed by atoms with Crippen LogP contribution in [-0.2, 0) is 9.53 Å². The fraction of sp³-hybridized carbons (Fsp3) is 0.571. The molecule has 1 aromatic carbocycles. The first-order valence-corrected chi connectivity index (χ1v) is 11.4.